The van der Waals surface area contributed by atoms with Crippen molar-refractivity contribution in [1.29, 1.82) is 0 Å². The van der Waals surface area contributed by atoms with Crippen LogP contribution >= 0.6 is 0 Å². The number of para-hydroxylation sites is 1. The first-order valence-electron chi connectivity index (χ1n) is 9.72. The molecule has 0 amide bonds. The Kier molecular flexibility index (Phi) is 4.57. The van der Waals surface area contributed by atoms with Gasteiger partial charge in [-0.2, -0.15) is 5.10 Å². The number of nitrogens with zero attached hydrogens (tertiary/aromatic N) is 5. The Bertz CT molecular complexity index is 1110. The molecule has 1 N–H and O–H groups in total. The number of anilines is 3. The third kappa shape index (κ3) is 3.30. The van der Waals surface area contributed by atoms with Gasteiger partial charge in [0.05, 0.1) is 24.6 Å². The van der Waals surface area contributed by atoms with Crippen LogP contribution in [0.5, 0.6) is 0 Å². The molecular weight excluding hydrogens is 364 g/mol. The van der Waals surface area contributed by atoms with Crippen molar-refractivity contribution in [3.8, 4) is 11.4 Å². The van der Waals surface area contributed by atoms with E-state index in [9.17, 15) is 0 Å². The van der Waals surface area contributed by atoms with E-state index in [0.29, 0.717) is 13.2 Å². The highest BCUT2D eigenvalue weighted by Crippen LogP contribution is 2.36. The van der Waals surface area contributed by atoms with Crippen molar-refractivity contribution in [2.45, 2.75) is 0 Å². The first-order chi connectivity index (χ1) is 14.3. The summed E-state index contributed by atoms with van der Waals surface area (Å²) in [6.07, 6.45) is 3.57. The van der Waals surface area contributed by atoms with Crippen LogP contribution in [-0.2, 0) is 4.74 Å². The van der Waals surface area contributed by atoms with Crippen molar-refractivity contribution >= 4 is 28.1 Å². The van der Waals surface area contributed by atoms with Crippen LogP contribution < -0.4 is 9.80 Å². The maximum atomic E-state index is 5.53. The van der Waals surface area contributed by atoms with E-state index in [1.807, 2.05) is 24.4 Å². The third-order valence-corrected chi connectivity index (χ3v) is 5.29. The molecule has 4 aromatic rings. The zero-order chi connectivity index (χ0) is 19.6. The van der Waals surface area contributed by atoms with Crippen LogP contribution in [0.25, 0.3) is 22.3 Å². The fourth-order valence-corrected chi connectivity index (χ4v) is 3.73. The number of morpholine rings is 1. The summed E-state index contributed by atoms with van der Waals surface area (Å²) in [6.45, 7) is 3.08. The minimum absolute atomic E-state index is 0.712. The first kappa shape index (κ1) is 17.6. The van der Waals surface area contributed by atoms with Crippen LogP contribution in [-0.4, -0.2) is 53.5 Å². The number of ether oxygens (including phenoxy) is 1. The van der Waals surface area contributed by atoms with Gasteiger partial charge in [0.15, 0.2) is 0 Å². The van der Waals surface area contributed by atoms with E-state index in [1.54, 1.807) is 6.20 Å². The molecule has 1 aliphatic heterocycles. The molecule has 7 heteroatoms. The number of pyridine rings is 2. The topological polar surface area (TPSA) is 70.2 Å². The number of rotatable bonds is 4. The molecule has 7 nitrogen and oxygen atoms in total. The Morgan fingerprint density at radius 3 is 2.62 bits per heavy atom. The van der Waals surface area contributed by atoms with E-state index in [1.165, 1.54) is 0 Å². The molecule has 29 heavy (non-hydrogen) atoms. The van der Waals surface area contributed by atoms with Crippen molar-refractivity contribution in [2.24, 2.45) is 0 Å². The number of nitrogens with one attached hydrogen (secondary N) is 1. The number of H-pyrrole nitrogens is 1. The molecule has 0 radical (unpaired) electrons. The summed E-state index contributed by atoms with van der Waals surface area (Å²) in [5, 5.41) is 8.17. The highest BCUT2D eigenvalue weighted by atomic mass is 16.5. The van der Waals surface area contributed by atoms with Gasteiger partial charge in [-0.25, -0.2) is 4.98 Å². The standard InChI is InChI=1S/C22H22N6O/c1-27(16-5-3-2-4-6-16)19-15-20(28-11-13-29-14-12-28)25-21-17(19)7-9-23-22(21)18-8-10-24-26-18/h2-10,15H,11-14H2,1H3,(H,24,26). The monoisotopic (exact) mass is 386 g/mol. The van der Waals surface area contributed by atoms with Crippen LogP contribution in [0.4, 0.5) is 17.2 Å². The number of fused-ring (bicyclic) bond motifs is 1. The predicted molar refractivity (Wildman–Crippen MR) is 115 cm³/mol. The second-order valence-electron chi connectivity index (χ2n) is 7.02. The van der Waals surface area contributed by atoms with Gasteiger partial charge in [-0.05, 0) is 24.3 Å². The Morgan fingerprint density at radius 1 is 1.03 bits per heavy atom. The lowest BCUT2D eigenvalue weighted by Gasteiger charge is -2.30. The first-order valence-corrected chi connectivity index (χ1v) is 9.72. The minimum Gasteiger partial charge on any atom is -0.378 e. The number of benzene rings is 1. The van der Waals surface area contributed by atoms with Gasteiger partial charge in [-0.1, -0.05) is 18.2 Å². The van der Waals surface area contributed by atoms with Gasteiger partial charge in [0.1, 0.15) is 17.0 Å². The molecule has 5 rings (SSSR count). The van der Waals surface area contributed by atoms with E-state index >= 15 is 0 Å². The molecule has 146 valence electrons. The smallest absolute Gasteiger partial charge is 0.131 e. The Morgan fingerprint density at radius 2 is 1.86 bits per heavy atom. The van der Waals surface area contributed by atoms with Gasteiger partial charge in [0, 0.05) is 49.7 Å². The summed E-state index contributed by atoms with van der Waals surface area (Å²) in [7, 11) is 2.09. The molecule has 0 bridgehead atoms. The maximum absolute atomic E-state index is 5.53. The SMILES string of the molecule is CN(c1ccccc1)c1cc(N2CCOCC2)nc2c(-c3ccn[nH]3)nccc12. The molecule has 0 aliphatic carbocycles. The molecule has 3 aromatic heterocycles. The van der Waals surface area contributed by atoms with E-state index < -0.39 is 0 Å². The van der Waals surface area contributed by atoms with Gasteiger partial charge in [-0.15, -0.1) is 0 Å². The summed E-state index contributed by atoms with van der Waals surface area (Å²) in [4.78, 5) is 14.1. The van der Waals surface area contributed by atoms with E-state index in [-0.39, 0.29) is 0 Å². The minimum atomic E-state index is 0.712. The summed E-state index contributed by atoms with van der Waals surface area (Å²) in [6, 6.07) is 16.5. The summed E-state index contributed by atoms with van der Waals surface area (Å²) in [5.74, 6) is 0.937. The lowest BCUT2D eigenvalue weighted by atomic mass is 10.1. The Hall–Kier alpha value is -3.45. The summed E-state index contributed by atoms with van der Waals surface area (Å²) in [5.41, 5.74) is 4.73. The number of aromatic amines is 1. The fourth-order valence-electron chi connectivity index (χ4n) is 3.73. The van der Waals surface area contributed by atoms with Gasteiger partial charge < -0.3 is 14.5 Å². The van der Waals surface area contributed by atoms with Crippen LogP contribution in [0.1, 0.15) is 0 Å². The van der Waals surface area contributed by atoms with Crippen LogP contribution in [0.15, 0.2) is 60.9 Å². The average Bonchev–Trinajstić information content (AvgIpc) is 3.33. The maximum Gasteiger partial charge on any atom is 0.131 e. The summed E-state index contributed by atoms with van der Waals surface area (Å²) >= 11 is 0. The largest absolute Gasteiger partial charge is 0.378 e. The second kappa shape index (κ2) is 7.52. The molecule has 0 atom stereocenters. The Balaban J connectivity index is 1.73. The molecular formula is C22H22N6O. The molecule has 4 heterocycles. The average molecular weight is 386 g/mol. The van der Waals surface area contributed by atoms with E-state index in [2.05, 4.69) is 62.4 Å². The van der Waals surface area contributed by atoms with Gasteiger partial charge >= 0.3 is 0 Å². The quantitative estimate of drug-likeness (QED) is 0.578. The molecule has 0 spiro atoms. The van der Waals surface area contributed by atoms with Gasteiger partial charge in [0.25, 0.3) is 0 Å². The molecule has 1 saturated heterocycles. The van der Waals surface area contributed by atoms with Crippen molar-refractivity contribution < 1.29 is 4.74 Å². The van der Waals surface area contributed by atoms with Gasteiger partial charge in [-0.3, -0.25) is 10.1 Å². The van der Waals surface area contributed by atoms with Gasteiger partial charge in [0.2, 0.25) is 0 Å². The number of aromatic nitrogens is 4. The lowest BCUT2D eigenvalue weighted by molar-refractivity contribution is 0.122. The number of hydrogen-bond acceptors (Lipinski definition) is 6. The lowest BCUT2D eigenvalue weighted by Crippen LogP contribution is -2.36. The fraction of sp³-hybridized carbons (Fsp3) is 0.227. The predicted octanol–water partition coefficient (Wildman–Crippen LogP) is 3.62. The van der Waals surface area contributed by atoms with Crippen LogP contribution in [0.3, 0.4) is 0 Å². The zero-order valence-corrected chi connectivity index (χ0v) is 16.2. The third-order valence-electron chi connectivity index (χ3n) is 5.29. The molecule has 1 aromatic carbocycles. The molecule has 1 aliphatic rings. The van der Waals surface area contributed by atoms with Crippen LogP contribution in [0.2, 0.25) is 0 Å². The van der Waals surface area contributed by atoms with Crippen molar-refractivity contribution in [1.82, 2.24) is 20.2 Å². The Labute approximate surface area is 169 Å². The zero-order valence-electron chi connectivity index (χ0n) is 16.2. The van der Waals surface area contributed by atoms with E-state index in [4.69, 9.17) is 9.72 Å². The normalized spacial score (nSPS) is 14.3. The van der Waals surface area contributed by atoms with E-state index in [0.717, 1.165) is 52.6 Å². The molecule has 0 saturated carbocycles. The highest BCUT2D eigenvalue weighted by molar-refractivity contribution is 6.01. The van der Waals surface area contributed by atoms with Crippen LogP contribution in [0, 0.1) is 0 Å². The van der Waals surface area contributed by atoms with Crippen molar-refractivity contribution in [3.05, 3.63) is 60.9 Å². The molecule has 1 fully saturated rings. The highest BCUT2D eigenvalue weighted by Gasteiger charge is 2.20. The van der Waals surface area contributed by atoms with Crippen molar-refractivity contribution in [2.75, 3.05) is 43.2 Å². The second-order valence-corrected chi connectivity index (χ2v) is 7.02. The van der Waals surface area contributed by atoms with Crippen molar-refractivity contribution in [3.63, 3.8) is 0 Å². The molecule has 0 unspecified atom stereocenters. The number of hydrogen-bond donors (Lipinski definition) is 1. The summed E-state index contributed by atoms with van der Waals surface area (Å²) < 4.78 is 5.53.